The number of benzene rings is 1. The number of hydrogen-bond acceptors (Lipinski definition) is 6. The van der Waals surface area contributed by atoms with E-state index in [2.05, 4.69) is 20.4 Å². The summed E-state index contributed by atoms with van der Waals surface area (Å²) in [5, 5.41) is 14.9. The molecular formula is C16H15N5O4S. The van der Waals surface area contributed by atoms with Crippen molar-refractivity contribution < 1.29 is 9.90 Å². The van der Waals surface area contributed by atoms with Gasteiger partial charge in [-0.05, 0) is 12.1 Å². The van der Waals surface area contributed by atoms with Gasteiger partial charge in [-0.15, -0.1) is 0 Å². The molecule has 3 aromatic rings. The molecule has 4 N–H and O–H groups in total. The number of carbonyl (C=O) groups excluding carboxylic acids is 1. The monoisotopic (exact) mass is 373 g/mol. The Morgan fingerprint density at radius 1 is 1.23 bits per heavy atom. The van der Waals surface area contributed by atoms with E-state index in [0.717, 1.165) is 17.8 Å². The number of aromatic nitrogens is 4. The maximum Gasteiger partial charge on any atom is 0.273 e. The normalized spacial score (nSPS) is 10.6. The quantitative estimate of drug-likeness (QED) is 0.377. The second kappa shape index (κ2) is 7.74. The van der Waals surface area contributed by atoms with Gasteiger partial charge in [0.25, 0.3) is 11.1 Å². The van der Waals surface area contributed by atoms with Crippen LogP contribution in [0.25, 0.3) is 5.69 Å². The van der Waals surface area contributed by atoms with Crippen molar-refractivity contribution >= 4 is 23.5 Å². The van der Waals surface area contributed by atoms with Crippen LogP contribution in [0.4, 0.5) is 5.82 Å². The zero-order valence-electron chi connectivity index (χ0n) is 13.4. The molecule has 9 nitrogen and oxygen atoms in total. The zero-order valence-corrected chi connectivity index (χ0v) is 14.2. The molecule has 0 radical (unpaired) electrons. The van der Waals surface area contributed by atoms with Crippen molar-refractivity contribution in [2.75, 3.05) is 11.1 Å². The van der Waals surface area contributed by atoms with Crippen LogP contribution in [-0.2, 0) is 4.79 Å². The Kier molecular flexibility index (Phi) is 5.23. The molecule has 0 saturated carbocycles. The Morgan fingerprint density at radius 2 is 2.00 bits per heavy atom. The molecule has 0 fully saturated rings. The smallest absolute Gasteiger partial charge is 0.273 e. The summed E-state index contributed by atoms with van der Waals surface area (Å²) in [7, 11) is 0. The first-order chi connectivity index (χ1) is 12.5. The summed E-state index contributed by atoms with van der Waals surface area (Å²) in [6, 6.07) is 11.2. The molecule has 2 aromatic heterocycles. The minimum atomic E-state index is -0.468. The number of aromatic hydroxyl groups is 1. The largest absolute Gasteiger partial charge is 0.493 e. The van der Waals surface area contributed by atoms with Crippen molar-refractivity contribution in [3.8, 4) is 11.6 Å². The molecule has 0 atom stereocenters. The number of nitrogens with one attached hydrogen (secondary N) is 3. The van der Waals surface area contributed by atoms with E-state index in [1.54, 1.807) is 24.3 Å². The Hall–Kier alpha value is -3.27. The van der Waals surface area contributed by atoms with Gasteiger partial charge in [-0.1, -0.05) is 30.0 Å². The maximum atomic E-state index is 12.0. The predicted molar refractivity (Wildman–Crippen MR) is 96.9 cm³/mol. The number of carbonyl (C=O) groups is 1. The number of rotatable bonds is 6. The minimum absolute atomic E-state index is 0.128. The summed E-state index contributed by atoms with van der Waals surface area (Å²) in [6.07, 6.45) is 0.128. The number of para-hydroxylation sites is 1. The number of aromatic amines is 2. The van der Waals surface area contributed by atoms with Crippen molar-refractivity contribution in [3.63, 3.8) is 0 Å². The first-order valence-corrected chi connectivity index (χ1v) is 8.60. The SMILES string of the molecule is O=C(CCSc1nc(O)cc(=O)[nH]1)Nc1cc(=O)n(-c2ccccc2)[nH]1. The molecular weight excluding hydrogens is 358 g/mol. The highest BCUT2D eigenvalue weighted by molar-refractivity contribution is 7.99. The first-order valence-electron chi connectivity index (χ1n) is 7.62. The molecule has 10 heteroatoms. The van der Waals surface area contributed by atoms with Crippen molar-refractivity contribution in [3.05, 3.63) is 63.2 Å². The molecule has 26 heavy (non-hydrogen) atoms. The van der Waals surface area contributed by atoms with E-state index in [-0.39, 0.29) is 34.7 Å². The van der Waals surface area contributed by atoms with E-state index >= 15 is 0 Å². The summed E-state index contributed by atoms with van der Waals surface area (Å²) < 4.78 is 1.33. The molecule has 0 aliphatic heterocycles. The van der Waals surface area contributed by atoms with Crippen LogP contribution < -0.4 is 16.4 Å². The summed E-state index contributed by atoms with van der Waals surface area (Å²) in [4.78, 5) is 41.4. The van der Waals surface area contributed by atoms with Gasteiger partial charge in [0.15, 0.2) is 5.16 Å². The molecule has 1 aromatic carbocycles. The predicted octanol–water partition coefficient (Wildman–Crippen LogP) is 1.08. The Balaban J connectivity index is 1.57. The Labute approximate surface area is 151 Å². The number of thioether (sulfide) groups is 1. The van der Waals surface area contributed by atoms with Crippen LogP contribution in [0.1, 0.15) is 6.42 Å². The van der Waals surface area contributed by atoms with Gasteiger partial charge in [-0.25, -0.2) is 4.68 Å². The van der Waals surface area contributed by atoms with Gasteiger partial charge in [0.2, 0.25) is 11.8 Å². The zero-order chi connectivity index (χ0) is 18.5. The summed E-state index contributed by atoms with van der Waals surface area (Å²) >= 11 is 1.13. The van der Waals surface area contributed by atoms with Crippen molar-refractivity contribution in [1.82, 2.24) is 19.7 Å². The average molecular weight is 373 g/mol. The van der Waals surface area contributed by atoms with Crippen LogP contribution in [0.2, 0.25) is 0 Å². The second-order valence-corrected chi connectivity index (χ2v) is 6.32. The van der Waals surface area contributed by atoms with Gasteiger partial charge < -0.3 is 15.4 Å². The number of H-pyrrole nitrogens is 2. The van der Waals surface area contributed by atoms with Gasteiger partial charge in [0.05, 0.1) is 11.8 Å². The lowest BCUT2D eigenvalue weighted by Crippen LogP contribution is -2.14. The van der Waals surface area contributed by atoms with Crippen LogP contribution in [0, 0.1) is 0 Å². The lowest BCUT2D eigenvalue weighted by molar-refractivity contribution is -0.115. The highest BCUT2D eigenvalue weighted by Crippen LogP contribution is 2.14. The molecule has 0 bridgehead atoms. The third-order valence-corrected chi connectivity index (χ3v) is 4.16. The van der Waals surface area contributed by atoms with Crippen LogP contribution >= 0.6 is 11.8 Å². The average Bonchev–Trinajstić information content (AvgIpc) is 2.95. The molecule has 1 amide bonds. The number of nitrogens with zero attached hydrogens (tertiary/aromatic N) is 2. The molecule has 0 aliphatic rings. The van der Waals surface area contributed by atoms with Crippen molar-refractivity contribution in [2.45, 2.75) is 11.6 Å². The van der Waals surface area contributed by atoms with E-state index in [9.17, 15) is 19.5 Å². The fourth-order valence-electron chi connectivity index (χ4n) is 2.17. The van der Waals surface area contributed by atoms with E-state index in [1.807, 2.05) is 6.07 Å². The molecule has 3 rings (SSSR count). The molecule has 0 saturated heterocycles. The number of amides is 1. The summed E-state index contributed by atoms with van der Waals surface area (Å²) in [5.74, 6) is -0.0540. The highest BCUT2D eigenvalue weighted by Gasteiger charge is 2.09. The summed E-state index contributed by atoms with van der Waals surface area (Å²) in [5.41, 5.74) is -0.0980. The van der Waals surface area contributed by atoms with Crippen LogP contribution in [0.5, 0.6) is 5.88 Å². The van der Waals surface area contributed by atoms with E-state index in [1.165, 1.54) is 10.7 Å². The third-order valence-electron chi connectivity index (χ3n) is 3.28. The fraction of sp³-hybridized carbons (Fsp3) is 0.125. The van der Waals surface area contributed by atoms with Gasteiger partial charge in [-0.2, -0.15) is 4.98 Å². The van der Waals surface area contributed by atoms with Gasteiger partial charge >= 0.3 is 0 Å². The van der Waals surface area contributed by atoms with E-state index in [0.29, 0.717) is 11.4 Å². The Bertz CT molecular complexity index is 1020. The lowest BCUT2D eigenvalue weighted by atomic mass is 10.3. The molecule has 2 heterocycles. The van der Waals surface area contributed by atoms with Crippen LogP contribution in [0.15, 0.2) is 57.2 Å². The third kappa shape index (κ3) is 4.42. The molecule has 0 aliphatic carbocycles. The molecule has 0 spiro atoms. The first kappa shape index (κ1) is 17.5. The maximum absolute atomic E-state index is 12.0. The van der Waals surface area contributed by atoms with E-state index in [4.69, 9.17) is 0 Å². The lowest BCUT2D eigenvalue weighted by Gasteiger charge is -2.04. The molecule has 0 unspecified atom stereocenters. The second-order valence-electron chi connectivity index (χ2n) is 5.23. The summed E-state index contributed by atoms with van der Waals surface area (Å²) in [6.45, 7) is 0. The van der Waals surface area contributed by atoms with Crippen LogP contribution in [0.3, 0.4) is 0 Å². The standard InChI is InChI=1S/C16H15N5O4S/c22-12(6-7-26-16-18-13(23)9-14(24)19-16)17-11-8-15(25)21(20-11)10-4-2-1-3-5-10/h1-5,8-9,20H,6-7H2,(H,17,22)(H2,18,19,23,24). The van der Waals surface area contributed by atoms with Crippen molar-refractivity contribution in [2.24, 2.45) is 0 Å². The fourth-order valence-corrected chi connectivity index (χ4v) is 2.98. The molecule has 134 valence electrons. The van der Waals surface area contributed by atoms with Crippen LogP contribution in [-0.4, -0.2) is 36.5 Å². The number of anilines is 1. The van der Waals surface area contributed by atoms with Gasteiger partial charge in [-0.3, -0.25) is 19.5 Å². The Morgan fingerprint density at radius 3 is 2.73 bits per heavy atom. The highest BCUT2D eigenvalue weighted by atomic mass is 32.2. The van der Waals surface area contributed by atoms with Crippen molar-refractivity contribution in [1.29, 1.82) is 0 Å². The topological polar surface area (TPSA) is 133 Å². The van der Waals surface area contributed by atoms with Gasteiger partial charge in [0, 0.05) is 18.2 Å². The minimum Gasteiger partial charge on any atom is -0.493 e. The van der Waals surface area contributed by atoms with Gasteiger partial charge in [0.1, 0.15) is 5.82 Å². The van der Waals surface area contributed by atoms with E-state index < -0.39 is 5.56 Å². The number of hydrogen-bond donors (Lipinski definition) is 4.